The minimum Gasteiger partial charge on any atom is -0.361 e. The molecule has 0 spiro atoms. The third-order valence-electron chi connectivity index (χ3n) is 3.89. The van der Waals surface area contributed by atoms with Gasteiger partial charge in [0.15, 0.2) is 5.08 Å². The highest BCUT2D eigenvalue weighted by Crippen LogP contribution is 2.39. The van der Waals surface area contributed by atoms with Gasteiger partial charge in [-0.15, -0.1) is 0 Å². The van der Waals surface area contributed by atoms with Crippen molar-refractivity contribution in [2.45, 2.75) is 63.6 Å². The molecule has 0 aromatic rings. The number of nitrogens with zero attached hydrogens (tertiary/aromatic N) is 1. The molecule has 1 aliphatic carbocycles. The van der Waals surface area contributed by atoms with Crippen LogP contribution in [0.3, 0.4) is 0 Å². The molecule has 19 heavy (non-hydrogen) atoms. The predicted octanol–water partition coefficient (Wildman–Crippen LogP) is 4.56. The van der Waals surface area contributed by atoms with Crippen LogP contribution in [0.1, 0.15) is 52.4 Å². The number of aliphatic imine (C=N–C) groups is 1. The molecule has 0 bridgehead atoms. The summed E-state index contributed by atoms with van der Waals surface area (Å²) < 4.78 is 14.5. The van der Waals surface area contributed by atoms with Gasteiger partial charge in [-0.05, 0) is 47.2 Å². The van der Waals surface area contributed by atoms with Crippen LogP contribution in [-0.2, 0) is 0 Å². The monoisotopic (exact) mass is 330 g/mol. The number of hydrogen-bond donors (Lipinski definition) is 1. The Balaban J connectivity index is 2.17. The standard InChI is InChI=1S/C15H24BrFN2/c1-3-5-11(13(17)6-4-2)12-9-18-15(16)19-14(12)10-7-8-10/h9-11,13,15,18H,3-8H2,1-2H3. The Bertz CT molecular complexity index is 363. The van der Waals surface area contributed by atoms with Gasteiger partial charge in [-0.1, -0.05) is 26.7 Å². The van der Waals surface area contributed by atoms with E-state index < -0.39 is 6.17 Å². The van der Waals surface area contributed by atoms with E-state index >= 15 is 0 Å². The molecular formula is C15H24BrFN2. The third-order valence-corrected chi connectivity index (χ3v) is 4.36. The van der Waals surface area contributed by atoms with Crippen LogP contribution >= 0.6 is 15.9 Å². The fourth-order valence-electron chi connectivity index (χ4n) is 2.78. The van der Waals surface area contributed by atoms with Crippen molar-refractivity contribution in [2.75, 3.05) is 0 Å². The van der Waals surface area contributed by atoms with Crippen molar-refractivity contribution in [2.24, 2.45) is 16.8 Å². The van der Waals surface area contributed by atoms with Crippen LogP contribution in [0.15, 0.2) is 16.8 Å². The Morgan fingerprint density at radius 2 is 2.05 bits per heavy atom. The third kappa shape index (κ3) is 3.80. The molecule has 1 N–H and O–H groups in total. The zero-order valence-electron chi connectivity index (χ0n) is 11.8. The van der Waals surface area contributed by atoms with E-state index in [9.17, 15) is 4.39 Å². The summed E-state index contributed by atoms with van der Waals surface area (Å²) >= 11 is 3.47. The number of halogens is 2. The average Bonchev–Trinajstić information content (AvgIpc) is 3.21. The lowest BCUT2D eigenvalue weighted by Gasteiger charge is -2.28. The van der Waals surface area contributed by atoms with Crippen LogP contribution in [-0.4, -0.2) is 17.0 Å². The van der Waals surface area contributed by atoms with Crippen molar-refractivity contribution in [1.82, 2.24) is 5.32 Å². The molecule has 0 aromatic heterocycles. The zero-order valence-corrected chi connectivity index (χ0v) is 13.4. The molecule has 0 radical (unpaired) electrons. The van der Waals surface area contributed by atoms with Gasteiger partial charge >= 0.3 is 0 Å². The SMILES string of the molecule is CCCC(F)C(CCC)C1=CNC(Br)N=C1C1CC1. The number of alkyl halides is 2. The average molecular weight is 331 g/mol. The van der Waals surface area contributed by atoms with E-state index in [1.807, 2.05) is 13.1 Å². The van der Waals surface area contributed by atoms with Gasteiger partial charge in [-0.25, -0.2) is 4.39 Å². The Hall–Kier alpha value is -0.380. The van der Waals surface area contributed by atoms with Crippen LogP contribution in [0.4, 0.5) is 4.39 Å². The van der Waals surface area contributed by atoms with E-state index in [1.165, 1.54) is 12.8 Å². The van der Waals surface area contributed by atoms with Crippen LogP contribution in [0.2, 0.25) is 0 Å². The van der Waals surface area contributed by atoms with E-state index in [4.69, 9.17) is 0 Å². The molecule has 108 valence electrons. The van der Waals surface area contributed by atoms with Gasteiger partial charge in [0.05, 0.1) is 0 Å². The van der Waals surface area contributed by atoms with Crippen LogP contribution < -0.4 is 5.32 Å². The van der Waals surface area contributed by atoms with Gasteiger partial charge in [0.2, 0.25) is 0 Å². The van der Waals surface area contributed by atoms with Crippen molar-refractivity contribution in [3.05, 3.63) is 11.8 Å². The summed E-state index contributed by atoms with van der Waals surface area (Å²) in [4.78, 5) is 4.66. The molecule has 2 rings (SSSR count). The molecule has 0 amide bonds. The molecule has 3 unspecified atom stereocenters. The zero-order chi connectivity index (χ0) is 13.8. The second-order valence-electron chi connectivity index (χ2n) is 5.59. The summed E-state index contributed by atoms with van der Waals surface area (Å²) in [6.45, 7) is 4.18. The van der Waals surface area contributed by atoms with Gasteiger partial charge in [0, 0.05) is 23.7 Å². The first-order valence-corrected chi connectivity index (χ1v) is 8.41. The van der Waals surface area contributed by atoms with Gasteiger partial charge in [-0.3, -0.25) is 4.99 Å². The highest BCUT2D eigenvalue weighted by atomic mass is 79.9. The van der Waals surface area contributed by atoms with Crippen molar-refractivity contribution >= 4 is 21.6 Å². The molecule has 1 heterocycles. The van der Waals surface area contributed by atoms with Crippen LogP contribution in [0.25, 0.3) is 0 Å². The fourth-order valence-corrected chi connectivity index (χ4v) is 3.13. The summed E-state index contributed by atoms with van der Waals surface area (Å²) in [6.07, 6.45) is 7.15. The van der Waals surface area contributed by atoms with Crippen LogP contribution in [0.5, 0.6) is 0 Å². The lowest BCUT2D eigenvalue weighted by molar-refractivity contribution is 0.230. The van der Waals surface area contributed by atoms with Gasteiger partial charge in [0.1, 0.15) is 6.17 Å². The van der Waals surface area contributed by atoms with Gasteiger partial charge < -0.3 is 5.32 Å². The van der Waals surface area contributed by atoms with Crippen molar-refractivity contribution in [3.8, 4) is 0 Å². The van der Waals surface area contributed by atoms with Crippen molar-refractivity contribution in [3.63, 3.8) is 0 Å². The summed E-state index contributed by atoms with van der Waals surface area (Å²) in [7, 11) is 0. The molecule has 1 saturated carbocycles. The maximum atomic E-state index is 14.5. The molecule has 2 nitrogen and oxygen atoms in total. The predicted molar refractivity (Wildman–Crippen MR) is 82.3 cm³/mol. The van der Waals surface area contributed by atoms with E-state index in [1.54, 1.807) is 0 Å². The molecular weight excluding hydrogens is 307 g/mol. The quantitative estimate of drug-likeness (QED) is 0.537. The maximum absolute atomic E-state index is 14.5. The molecule has 0 saturated heterocycles. The second kappa shape index (κ2) is 6.87. The number of nitrogens with one attached hydrogen (secondary N) is 1. The number of rotatable bonds is 7. The van der Waals surface area contributed by atoms with Gasteiger partial charge in [-0.2, -0.15) is 0 Å². The Morgan fingerprint density at radius 1 is 1.37 bits per heavy atom. The smallest absolute Gasteiger partial charge is 0.175 e. The molecule has 2 aliphatic rings. The summed E-state index contributed by atoms with van der Waals surface area (Å²) in [5.41, 5.74) is 2.28. The van der Waals surface area contributed by atoms with Gasteiger partial charge in [0.25, 0.3) is 0 Å². The maximum Gasteiger partial charge on any atom is 0.175 e. The highest BCUT2D eigenvalue weighted by molar-refractivity contribution is 9.09. The molecule has 1 aliphatic heterocycles. The van der Waals surface area contributed by atoms with E-state index in [-0.39, 0.29) is 11.0 Å². The Kier molecular flexibility index (Phi) is 5.43. The first-order chi connectivity index (χ1) is 9.17. The van der Waals surface area contributed by atoms with Crippen LogP contribution in [0, 0.1) is 11.8 Å². The van der Waals surface area contributed by atoms with Crippen molar-refractivity contribution in [1.29, 1.82) is 0 Å². The minimum absolute atomic E-state index is 0.0109. The first kappa shape index (κ1) is 15.0. The topological polar surface area (TPSA) is 24.4 Å². The highest BCUT2D eigenvalue weighted by Gasteiger charge is 2.36. The number of hydrogen-bond acceptors (Lipinski definition) is 2. The van der Waals surface area contributed by atoms with E-state index in [0.717, 1.165) is 30.5 Å². The summed E-state index contributed by atoms with van der Waals surface area (Å²) in [6, 6.07) is 0. The van der Waals surface area contributed by atoms with E-state index in [0.29, 0.717) is 12.3 Å². The number of allylic oxidation sites excluding steroid dienone is 1. The molecule has 1 fully saturated rings. The Morgan fingerprint density at radius 3 is 2.63 bits per heavy atom. The lowest BCUT2D eigenvalue weighted by Crippen LogP contribution is -2.32. The largest absolute Gasteiger partial charge is 0.361 e. The fraction of sp³-hybridized carbons (Fsp3) is 0.800. The minimum atomic E-state index is -0.742. The lowest BCUT2D eigenvalue weighted by atomic mass is 9.84. The van der Waals surface area contributed by atoms with E-state index in [2.05, 4.69) is 33.2 Å². The summed E-state index contributed by atoms with van der Waals surface area (Å²) in [5.74, 6) is 0.582. The molecule has 0 aromatic carbocycles. The molecule has 3 atom stereocenters. The summed E-state index contributed by atoms with van der Waals surface area (Å²) in [5, 5.41) is 3.14. The normalized spacial score (nSPS) is 26.2. The Labute approximate surface area is 124 Å². The van der Waals surface area contributed by atoms with Crippen molar-refractivity contribution < 1.29 is 4.39 Å². The second-order valence-corrected chi connectivity index (χ2v) is 6.46. The molecule has 4 heteroatoms. The first-order valence-electron chi connectivity index (χ1n) is 7.49.